The van der Waals surface area contributed by atoms with E-state index in [2.05, 4.69) is 59.9 Å². The van der Waals surface area contributed by atoms with Crippen LogP contribution in [0.3, 0.4) is 0 Å². The monoisotopic (exact) mass is 309 g/mol. The summed E-state index contributed by atoms with van der Waals surface area (Å²) in [7, 11) is 1.70. The molecule has 0 amide bonds. The quantitative estimate of drug-likeness (QED) is 0.776. The Labute approximate surface area is 137 Å². The summed E-state index contributed by atoms with van der Waals surface area (Å²) < 4.78 is 7.59. The van der Waals surface area contributed by atoms with E-state index in [-0.39, 0.29) is 5.54 Å². The van der Waals surface area contributed by atoms with E-state index in [0.717, 1.165) is 34.6 Å². The third-order valence-corrected chi connectivity index (χ3v) is 3.95. The molecule has 0 aliphatic rings. The lowest BCUT2D eigenvalue weighted by atomic mass is 10.1. The van der Waals surface area contributed by atoms with Gasteiger partial charge in [-0.15, -0.1) is 0 Å². The van der Waals surface area contributed by atoms with Crippen LogP contribution in [-0.2, 0) is 12.1 Å². The number of imidazole rings is 1. The molecule has 0 radical (unpaired) electrons. The van der Waals surface area contributed by atoms with Gasteiger partial charge in [0.1, 0.15) is 5.75 Å². The first-order valence-corrected chi connectivity index (χ1v) is 7.82. The number of hydrogen-bond acceptors (Lipinski definition) is 3. The fourth-order valence-corrected chi connectivity index (χ4v) is 2.70. The minimum atomic E-state index is 0.0289. The molecule has 1 aromatic heterocycles. The number of benzene rings is 2. The standard InChI is InChI=1S/C19H23N3O/c1-19(2,3)22-13-21-16-11-15(9-10-17(16)22)20-12-14-7-5-6-8-18(14)23-4/h5-11,13,20H,12H2,1-4H3. The van der Waals surface area contributed by atoms with Crippen LogP contribution in [0.2, 0.25) is 0 Å². The molecule has 0 bridgehead atoms. The average Bonchev–Trinajstić information content (AvgIpc) is 2.96. The summed E-state index contributed by atoms with van der Waals surface area (Å²) in [5.74, 6) is 0.901. The highest BCUT2D eigenvalue weighted by Gasteiger charge is 2.15. The van der Waals surface area contributed by atoms with Gasteiger partial charge in [0.15, 0.2) is 0 Å². The molecule has 1 N–H and O–H groups in total. The lowest BCUT2D eigenvalue weighted by Crippen LogP contribution is -2.20. The molecule has 4 heteroatoms. The number of nitrogens with zero attached hydrogens (tertiary/aromatic N) is 2. The zero-order chi connectivity index (χ0) is 16.4. The SMILES string of the molecule is COc1ccccc1CNc1ccc2c(c1)ncn2C(C)(C)C. The predicted octanol–water partition coefficient (Wildman–Crippen LogP) is 4.41. The van der Waals surface area contributed by atoms with Crippen LogP contribution in [0, 0.1) is 0 Å². The molecule has 2 aromatic carbocycles. The van der Waals surface area contributed by atoms with E-state index < -0.39 is 0 Å². The molecule has 0 unspecified atom stereocenters. The molecule has 23 heavy (non-hydrogen) atoms. The number of hydrogen-bond donors (Lipinski definition) is 1. The number of aromatic nitrogens is 2. The van der Waals surface area contributed by atoms with Gasteiger partial charge in [0, 0.05) is 23.3 Å². The van der Waals surface area contributed by atoms with Gasteiger partial charge in [-0.2, -0.15) is 0 Å². The fraction of sp³-hybridized carbons (Fsp3) is 0.316. The van der Waals surface area contributed by atoms with Gasteiger partial charge in [-0.3, -0.25) is 0 Å². The Balaban J connectivity index is 1.82. The van der Waals surface area contributed by atoms with E-state index in [4.69, 9.17) is 4.74 Å². The van der Waals surface area contributed by atoms with Crippen molar-refractivity contribution in [3.8, 4) is 5.75 Å². The second kappa shape index (κ2) is 5.95. The zero-order valence-electron chi connectivity index (χ0n) is 14.1. The van der Waals surface area contributed by atoms with Crippen LogP contribution in [0.1, 0.15) is 26.3 Å². The summed E-state index contributed by atoms with van der Waals surface area (Å²) in [5.41, 5.74) is 4.38. The van der Waals surface area contributed by atoms with Gasteiger partial charge in [0.2, 0.25) is 0 Å². The van der Waals surface area contributed by atoms with Crippen molar-refractivity contribution in [1.29, 1.82) is 0 Å². The Kier molecular flexibility index (Phi) is 3.99. The number of nitrogens with one attached hydrogen (secondary N) is 1. The maximum Gasteiger partial charge on any atom is 0.123 e. The fourth-order valence-electron chi connectivity index (χ4n) is 2.70. The molecule has 0 aliphatic heterocycles. The highest BCUT2D eigenvalue weighted by molar-refractivity contribution is 5.79. The van der Waals surface area contributed by atoms with Crippen molar-refractivity contribution in [3.05, 3.63) is 54.4 Å². The van der Waals surface area contributed by atoms with Crippen LogP contribution in [0.4, 0.5) is 5.69 Å². The Morgan fingerprint density at radius 1 is 1.13 bits per heavy atom. The number of anilines is 1. The minimum absolute atomic E-state index is 0.0289. The highest BCUT2D eigenvalue weighted by Crippen LogP contribution is 2.25. The van der Waals surface area contributed by atoms with Crippen LogP contribution in [0.15, 0.2) is 48.8 Å². The summed E-state index contributed by atoms with van der Waals surface area (Å²) >= 11 is 0. The topological polar surface area (TPSA) is 39.1 Å². The molecule has 0 saturated carbocycles. The molecular formula is C19H23N3O. The van der Waals surface area contributed by atoms with Gasteiger partial charge in [-0.1, -0.05) is 18.2 Å². The van der Waals surface area contributed by atoms with E-state index in [1.54, 1.807) is 7.11 Å². The van der Waals surface area contributed by atoms with E-state index in [9.17, 15) is 0 Å². The van der Waals surface area contributed by atoms with Crippen molar-refractivity contribution in [2.45, 2.75) is 32.9 Å². The summed E-state index contributed by atoms with van der Waals surface area (Å²) in [4.78, 5) is 4.53. The van der Waals surface area contributed by atoms with Gasteiger partial charge >= 0.3 is 0 Å². The molecule has 0 aliphatic carbocycles. The number of rotatable bonds is 4. The number of para-hydroxylation sites is 1. The maximum atomic E-state index is 5.39. The Hall–Kier alpha value is -2.49. The van der Waals surface area contributed by atoms with Crippen molar-refractivity contribution in [1.82, 2.24) is 9.55 Å². The molecule has 120 valence electrons. The van der Waals surface area contributed by atoms with Crippen molar-refractivity contribution >= 4 is 16.7 Å². The largest absolute Gasteiger partial charge is 0.496 e. The molecule has 1 heterocycles. The Bertz CT molecular complexity index is 815. The van der Waals surface area contributed by atoms with Crippen LogP contribution in [-0.4, -0.2) is 16.7 Å². The van der Waals surface area contributed by atoms with Gasteiger partial charge in [0.05, 0.1) is 24.5 Å². The second-order valence-electron chi connectivity index (χ2n) is 6.65. The minimum Gasteiger partial charge on any atom is -0.496 e. The van der Waals surface area contributed by atoms with Gasteiger partial charge in [-0.25, -0.2) is 4.98 Å². The van der Waals surface area contributed by atoms with Crippen LogP contribution in [0.5, 0.6) is 5.75 Å². The average molecular weight is 309 g/mol. The van der Waals surface area contributed by atoms with Crippen LogP contribution in [0.25, 0.3) is 11.0 Å². The van der Waals surface area contributed by atoms with Gasteiger partial charge in [0.25, 0.3) is 0 Å². The number of fused-ring (bicyclic) bond motifs is 1. The van der Waals surface area contributed by atoms with Gasteiger partial charge < -0.3 is 14.6 Å². The lowest BCUT2D eigenvalue weighted by molar-refractivity contribution is 0.408. The predicted molar refractivity (Wildman–Crippen MR) is 95.0 cm³/mol. The second-order valence-corrected chi connectivity index (χ2v) is 6.65. The lowest BCUT2D eigenvalue weighted by Gasteiger charge is -2.21. The number of ether oxygens (including phenoxy) is 1. The molecule has 3 rings (SSSR count). The summed E-state index contributed by atoms with van der Waals surface area (Å²) in [5, 5.41) is 3.45. The van der Waals surface area contributed by atoms with Crippen molar-refractivity contribution in [2.24, 2.45) is 0 Å². The van der Waals surface area contributed by atoms with E-state index in [1.165, 1.54) is 0 Å². The third kappa shape index (κ3) is 3.16. The molecule has 3 aromatic rings. The molecule has 4 nitrogen and oxygen atoms in total. The summed E-state index contributed by atoms with van der Waals surface area (Å²) in [6.45, 7) is 7.27. The first-order chi connectivity index (χ1) is 11.0. The summed E-state index contributed by atoms with van der Waals surface area (Å²) in [6, 6.07) is 14.4. The van der Waals surface area contributed by atoms with E-state index >= 15 is 0 Å². The van der Waals surface area contributed by atoms with E-state index in [1.807, 2.05) is 24.5 Å². The van der Waals surface area contributed by atoms with Gasteiger partial charge in [-0.05, 0) is 45.0 Å². The number of methoxy groups -OCH3 is 1. The third-order valence-electron chi connectivity index (χ3n) is 3.95. The molecular weight excluding hydrogens is 286 g/mol. The smallest absolute Gasteiger partial charge is 0.123 e. The summed E-state index contributed by atoms with van der Waals surface area (Å²) in [6.07, 6.45) is 1.91. The van der Waals surface area contributed by atoms with Crippen molar-refractivity contribution in [3.63, 3.8) is 0 Å². The van der Waals surface area contributed by atoms with Crippen molar-refractivity contribution in [2.75, 3.05) is 12.4 Å². The Morgan fingerprint density at radius 3 is 2.65 bits per heavy atom. The van der Waals surface area contributed by atoms with Crippen molar-refractivity contribution < 1.29 is 4.74 Å². The van der Waals surface area contributed by atoms with Crippen LogP contribution >= 0.6 is 0 Å². The highest BCUT2D eigenvalue weighted by atomic mass is 16.5. The maximum absolute atomic E-state index is 5.39. The Morgan fingerprint density at radius 2 is 1.91 bits per heavy atom. The van der Waals surface area contributed by atoms with Crippen LogP contribution < -0.4 is 10.1 Å². The first-order valence-electron chi connectivity index (χ1n) is 7.82. The normalized spacial score (nSPS) is 11.7. The van der Waals surface area contributed by atoms with E-state index in [0.29, 0.717) is 0 Å². The molecule has 0 fully saturated rings. The zero-order valence-corrected chi connectivity index (χ0v) is 14.1. The first kappa shape index (κ1) is 15.4. The molecule has 0 atom stereocenters. The molecule has 0 saturated heterocycles. The molecule has 0 spiro atoms.